The number of nitrogens with zero attached hydrogens (tertiary/aromatic N) is 2. The zero-order valence-corrected chi connectivity index (χ0v) is 24.6. The molecule has 0 saturated carbocycles. The molecule has 0 aliphatic carbocycles. The third kappa shape index (κ3) is 5.00. The number of pyridine rings is 1. The molecule has 0 atom stereocenters. The Morgan fingerprint density at radius 2 is 1.77 bits per heavy atom. The van der Waals surface area contributed by atoms with Gasteiger partial charge in [0.15, 0.2) is 0 Å². The van der Waals surface area contributed by atoms with E-state index in [2.05, 4.69) is 15.3 Å². The third-order valence-corrected chi connectivity index (χ3v) is 8.73. The first-order valence-corrected chi connectivity index (χ1v) is 15.1. The normalized spacial score (nSPS) is 11.8. The van der Waals surface area contributed by atoms with Crippen molar-refractivity contribution in [2.75, 3.05) is 24.7 Å². The number of hydrogen-bond acceptors (Lipinski definition) is 5. The number of halogens is 3. The standard InChI is InChI=1S/C31H23ClF2N4O4S/c1-35-31(39)29-21-11-19(18-12-25(36-15-22(18)32)26-13-20-23(34)5-4-6-24(20)37-26)27(38(2)43(3,40)41)14-28(21)42-30(29)16-7-9-17(33)10-8-16/h4-15,37H,1-3H3,(H,35,39). The van der Waals surface area contributed by atoms with E-state index < -0.39 is 27.6 Å². The van der Waals surface area contributed by atoms with Crippen LogP contribution in [-0.4, -0.2) is 44.6 Å². The van der Waals surface area contributed by atoms with Gasteiger partial charge in [-0.05, 0) is 54.6 Å². The molecule has 2 N–H and O–H groups in total. The van der Waals surface area contributed by atoms with E-state index in [0.717, 1.165) is 10.6 Å². The monoisotopic (exact) mass is 620 g/mol. The molecule has 0 radical (unpaired) electrons. The zero-order valence-electron chi connectivity index (χ0n) is 23.0. The van der Waals surface area contributed by atoms with Gasteiger partial charge in [0.2, 0.25) is 10.0 Å². The summed E-state index contributed by atoms with van der Waals surface area (Å²) >= 11 is 6.67. The second-order valence-electron chi connectivity index (χ2n) is 9.92. The molecule has 218 valence electrons. The predicted octanol–water partition coefficient (Wildman–Crippen LogP) is 7.00. The molecule has 43 heavy (non-hydrogen) atoms. The van der Waals surface area contributed by atoms with Crippen LogP contribution >= 0.6 is 11.6 Å². The van der Waals surface area contributed by atoms with E-state index in [4.69, 9.17) is 16.0 Å². The molecule has 0 bridgehead atoms. The molecule has 0 aliphatic rings. The number of amides is 1. The lowest BCUT2D eigenvalue weighted by atomic mass is 9.98. The van der Waals surface area contributed by atoms with Crippen molar-refractivity contribution in [3.05, 3.63) is 95.1 Å². The Labute approximate surface area is 250 Å². The highest BCUT2D eigenvalue weighted by Gasteiger charge is 2.27. The molecule has 6 rings (SSSR count). The molecule has 0 aliphatic heterocycles. The minimum atomic E-state index is -3.77. The van der Waals surface area contributed by atoms with Crippen molar-refractivity contribution in [1.82, 2.24) is 15.3 Å². The number of benzene rings is 3. The number of fused-ring (bicyclic) bond motifs is 2. The molecule has 3 aromatic heterocycles. The summed E-state index contributed by atoms with van der Waals surface area (Å²) < 4.78 is 60.8. The summed E-state index contributed by atoms with van der Waals surface area (Å²) in [7, 11) is -0.911. The van der Waals surface area contributed by atoms with E-state index >= 15 is 0 Å². The van der Waals surface area contributed by atoms with E-state index in [1.165, 1.54) is 56.7 Å². The highest BCUT2D eigenvalue weighted by molar-refractivity contribution is 7.92. The number of aromatic amines is 1. The first-order chi connectivity index (χ1) is 20.5. The van der Waals surface area contributed by atoms with Crippen LogP contribution < -0.4 is 9.62 Å². The van der Waals surface area contributed by atoms with Crippen molar-refractivity contribution in [2.24, 2.45) is 0 Å². The van der Waals surface area contributed by atoms with Gasteiger partial charge in [0, 0.05) is 59.3 Å². The van der Waals surface area contributed by atoms with Crippen LogP contribution in [0.4, 0.5) is 14.5 Å². The Hall–Kier alpha value is -4.74. The van der Waals surface area contributed by atoms with Crippen molar-refractivity contribution in [1.29, 1.82) is 0 Å². The van der Waals surface area contributed by atoms with Gasteiger partial charge < -0.3 is 14.7 Å². The molecule has 3 aromatic carbocycles. The van der Waals surface area contributed by atoms with Gasteiger partial charge in [-0.25, -0.2) is 17.2 Å². The lowest BCUT2D eigenvalue weighted by Gasteiger charge is -2.21. The molecule has 0 spiro atoms. The second kappa shape index (κ2) is 10.5. The lowest BCUT2D eigenvalue weighted by molar-refractivity contribution is 0.0964. The largest absolute Gasteiger partial charge is 0.455 e. The zero-order chi connectivity index (χ0) is 30.6. The van der Waals surface area contributed by atoms with Gasteiger partial charge in [0.25, 0.3) is 5.91 Å². The van der Waals surface area contributed by atoms with Crippen molar-refractivity contribution in [3.63, 3.8) is 0 Å². The van der Waals surface area contributed by atoms with Gasteiger partial charge in [-0.15, -0.1) is 0 Å². The number of hydrogen-bond donors (Lipinski definition) is 2. The number of rotatable bonds is 6. The molecule has 12 heteroatoms. The molecular formula is C31H23ClF2N4O4S. The smallest absolute Gasteiger partial charge is 0.255 e. The predicted molar refractivity (Wildman–Crippen MR) is 164 cm³/mol. The number of H-pyrrole nitrogens is 1. The maximum Gasteiger partial charge on any atom is 0.255 e. The summed E-state index contributed by atoms with van der Waals surface area (Å²) in [5.41, 5.74) is 3.37. The summed E-state index contributed by atoms with van der Waals surface area (Å²) in [6.45, 7) is 0. The number of anilines is 1. The summed E-state index contributed by atoms with van der Waals surface area (Å²) in [6.07, 6.45) is 2.48. The van der Waals surface area contributed by atoms with Crippen LogP contribution in [0.5, 0.6) is 0 Å². The van der Waals surface area contributed by atoms with E-state index in [-0.39, 0.29) is 27.6 Å². The number of aromatic nitrogens is 2. The minimum absolute atomic E-state index is 0.176. The van der Waals surface area contributed by atoms with Crippen molar-refractivity contribution in [3.8, 4) is 33.8 Å². The van der Waals surface area contributed by atoms with E-state index in [1.807, 2.05) is 0 Å². The molecule has 0 saturated heterocycles. The number of carbonyl (C=O) groups is 1. The molecule has 3 heterocycles. The van der Waals surface area contributed by atoms with Gasteiger partial charge >= 0.3 is 0 Å². The summed E-state index contributed by atoms with van der Waals surface area (Å²) in [6, 6.07) is 16.6. The summed E-state index contributed by atoms with van der Waals surface area (Å²) in [4.78, 5) is 20.7. The quantitative estimate of drug-likeness (QED) is 0.208. The van der Waals surface area contributed by atoms with Crippen molar-refractivity contribution >= 4 is 55.1 Å². The molecular weight excluding hydrogens is 598 g/mol. The fraction of sp³-hybridized carbons (Fsp3) is 0.0968. The van der Waals surface area contributed by atoms with Gasteiger partial charge in [-0.1, -0.05) is 17.7 Å². The summed E-state index contributed by atoms with van der Waals surface area (Å²) in [5, 5.41) is 3.58. The first kappa shape index (κ1) is 28.4. The summed E-state index contributed by atoms with van der Waals surface area (Å²) in [5.74, 6) is -1.13. The van der Waals surface area contributed by atoms with Crippen LogP contribution in [0.25, 0.3) is 55.7 Å². The average molecular weight is 621 g/mol. The Balaban J connectivity index is 1.64. The van der Waals surface area contributed by atoms with Crippen molar-refractivity contribution < 1.29 is 26.4 Å². The van der Waals surface area contributed by atoms with E-state index in [1.54, 1.807) is 30.3 Å². The molecule has 0 unspecified atom stereocenters. The van der Waals surface area contributed by atoms with Crippen LogP contribution in [0, 0.1) is 11.6 Å². The van der Waals surface area contributed by atoms with Gasteiger partial charge in [0.1, 0.15) is 23.0 Å². The van der Waals surface area contributed by atoms with Crippen LogP contribution in [0.3, 0.4) is 0 Å². The fourth-order valence-corrected chi connectivity index (χ4v) is 5.70. The third-order valence-electron chi connectivity index (χ3n) is 7.24. The van der Waals surface area contributed by atoms with Crippen LogP contribution in [0.15, 0.2) is 77.3 Å². The Bertz CT molecular complexity index is 2180. The van der Waals surface area contributed by atoms with E-state index in [9.17, 15) is 22.0 Å². The molecule has 8 nitrogen and oxygen atoms in total. The number of nitrogens with one attached hydrogen (secondary N) is 2. The maximum atomic E-state index is 14.4. The maximum absolute atomic E-state index is 14.4. The average Bonchev–Trinajstić information content (AvgIpc) is 3.58. The molecule has 6 aromatic rings. The van der Waals surface area contributed by atoms with Gasteiger partial charge in [0.05, 0.1) is 33.9 Å². The lowest BCUT2D eigenvalue weighted by Crippen LogP contribution is -2.25. The second-order valence-corrected chi connectivity index (χ2v) is 12.3. The van der Waals surface area contributed by atoms with Gasteiger partial charge in [-0.3, -0.25) is 14.1 Å². The Kier molecular flexibility index (Phi) is 6.94. The first-order valence-electron chi connectivity index (χ1n) is 12.9. The van der Waals surface area contributed by atoms with Crippen LogP contribution in [0.2, 0.25) is 5.02 Å². The fourth-order valence-electron chi connectivity index (χ4n) is 4.99. The Morgan fingerprint density at radius 1 is 1.02 bits per heavy atom. The minimum Gasteiger partial charge on any atom is -0.455 e. The number of sulfonamides is 1. The van der Waals surface area contributed by atoms with E-state index in [0.29, 0.717) is 44.4 Å². The Morgan fingerprint density at radius 3 is 2.44 bits per heavy atom. The molecule has 0 fully saturated rings. The molecule has 1 amide bonds. The number of furan rings is 1. The number of carbonyl (C=O) groups excluding carboxylic acids is 1. The van der Waals surface area contributed by atoms with Gasteiger partial charge in [-0.2, -0.15) is 0 Å². The topological polar surface area (TPSA) is 108 Å². The van der Waals surface area contributed by atoms with Crippen LogP contribution in [0.1, 0.15) is 10.4 Å². The highest BCUT2D eigenvalue weighted by atomic mass is 35.5. The SMILES string of the molecule is CNC(=O)c1c(-c2ccc(F)cc2)oc2cc(N(C)S(C)(=O)=O)c(-c3cc(-c4cc5c(F)cccc5[nH]4)ncc3Cl)cc12. The van der Waals surface area contributed by atoms with Crippen molar-refractivity contribution in [2.45, 2.75) is 0 Å². The van der Waals surface area contributed by atoms with Crippen LogP contribution in [-0.2, 0) is 10.0 Å². The highest BCUT2D eigenvalue weighted by Crippen LogP contribution is 2.43.